The fourth-order valence-corrected chi connectivity index (χ4v) is 6.13. The normalized spacial score (nSPS) is 14.5. The van der Waals surface area contributed by atoms with Crippen molar-refractivity contribution in [3.63, 3.8) is 0 Å². The van der Waals surface area contributed by atoms with Gasteiger partial charge in [0, 0.05) is 49.4 Å². The average molecular weight is 605 g/mol. The lowest BCUT2D eigenvalue weighted by Gasteiger charge is -2.36. The molecular weight excluding hydrogens is 568 g/mol. The number of carboxylic acid groups (broad SMARTS) is 1. The monoisotopic (exact) mass is 604 g/mol. The van der Waals surface area contributed by atoms with Crippen LogP contribution in [0.2, 0.25) is 0 Å². The zero-order valence-corrected chi connectivity index (χ0v) is 25.0. The third-order valence-electron chi connectivity index (χ3n) is 7.11. The zero-order valence-electron chi connectivity index (χ0n) is 24.2. The number of nitrogens with two attached hydrogens (primary N) is 1. The van der Waals surface area contributed by atoms with Gasteiger partial charge in [0.2, 0.25) is 0 Å². The maximum atomic E-state index is 12.7. The van der Waals surface area contributed by atoms with Crippen LogP contribution in [0.5, 0.6) is 5.75 Å². The van der Waals surface area contributed by atoms with Crippen LogP contribution in [0, 0.1) is 17.8 Å². The molecule has 1 fully saturated rings. The number of benzene rings is 3. The van der Waals surface area contributed by atoms with Gasteiger partial charge in [-0.1, -0.05) is 56.0 Å². The highest BCUT2D eigenvalue weighted by Crippen LogP contribution is 2.21. The van der Waals surface area contributed by atoms with E-state index in [0.29, 0.717) is 37.4 Å². The van der Waals surface area contributed by atoms with Crippen molar-refractivity contribution in [3.8, 4) is 17.6 Å². The summed E-state index contributed by atoms with van der Waals surface area (Å²) in [5.74, 6) is 4.41. The van der Waals surface area contributed by atoms with Crippen LogP contribution in [-0.4, -0.2) is 68.5 Å². The van der Waals surface area contributed by atoms with Crippen molar-refractivity contribution in [2.45, 2.75) is 26.3 Å². The van der Waals surface area contributed by atoms with E-state index in [0.717, 1.165) is 16.8 Å². The number of carboxylic acids is 1. The highest BCUT2D eigenvalue weighted by atomic mass is 32.2. The maximum absolute atomic E-state index is 12.7. The summed E-state index contributed by atoms with van der Waals surface area (Å²) in [6.45, 7) is 5.11. The lowest BCUT2D eigenvalue weighted by molar-refractivity contribution is -0.140. The number of carbonyl (C=O) groups excluding carboxylic acids is 1. The van der Waals surface area contributed by atoms with Gasteiger partial charge in [0.1, 0.15) is 11.8 Å². The number of anilines is 1. The lowest BCUT2D eigenvalue weighted by atomic mass is 10.1. The molecule has 0 bridgehead atoms. The molecular formula is C32H36N4O6S. The second kappa shape index (κ2) is 14.2. The van der Waals surface area contributed by atoms with Crippen molar-refractivity contribution in [1.82, 2.24) is 9.03 Å². The van der Waals surface area contributed by atoms with E-state index < -0.39 is 28.1 Å². The Labute approximate surface area is 252 Å². The van der Waals surface area contributed by atoms with Crippen molar-refractivity contribution in [1.29, 1.82) is 0 Å². The minimum absolute atomic E-state index is 0.232. The van der Waals surface area contributed by atoms with Gasteiger partial charge < -0.3 is 20.5 Å². The molecule has 0 aromatic heterocycles. The van der Waals surface area contributed by atoms with E-state index in [1.54, 1.807) is 32.0 Å². The summed E-state index contributed by atoms with van der Waals surface area (Å²) in [4.78, 5) is 25.6. The predicted octanol–water partition coefficient (Wildman–Crippen LogP) is 2.87. The van der Waals surface area contributed by atoms with Crippen molar-refractivity contribution in [3.05, 3.63) is 95.1 Å². The number of hydrogen-bond donors (Lipinski definition) is 3. The van der Waals surface area contributed by atoms with Gasteiger partial charge in [0.15, 0.2) is 0 Å². The molecule has 0 aliphatic carbocycles. The maximum Gasteiger partial charge on any atom is 0.322 e. The number of carbonyl (C=O) groups is 2. The number of nitrogens with zero attached hydrogens (tertiary/aromatic N) is 2. The van der Waals surface area contributed by atoms with Crippen LogP contribution in [0.25, 0.3) is 0 Å². The summed E-state index contributed by atoms with van der Waals surface area (Å²) < 4.78 is 34.9. The molecule has 0 saturated carbocycles. The fraction of sp³-hybridized carbons (Fsp3) is 0.312. The number of ether oxygens (including phenoxy) is 1. The summed E-state index contributed by atoms with van der Waals surface area (Å²) in [5, 5.41) is 9.34. The molecule has 1 amide bonds. The third kappa shape index (κ3) is 8.58. The Hall–Kier alpha value is -4.37. The first-order valence-corrected chi connectivity index (χ1v) is 15.5. The Bertz CT molecular complexity index is 1590. The van der Waals surface area contributed by atoms with E-state index in [4.69, 9.17) is 10.5 Å². The van der Waals surface area contributed by atoms with Crippen LogP contribution in [0.1, 0.15) is 40.9 Å². The SMILES string of the molecule is CC(C)C(NS(=O)(=O)N1CCN(c2ccc(C#Cc3ccc(OCCc4ccccc4)c(C(N)=O)c3)cc2)CC1)C(=O)O. The molecule has 0 spiro atoms. The van der Waals surface area contributed by atoms with Gasteiger partial charge in [-0.15, -0.1) is 0 Å². The summed E-state index contributed by atoms with van der Waals surface area (Å²) in [5.41, 5.74) is 9.33. The Balaban J connectivity index is 1.34. The van der Waals surface area contributed by atoms with Gasteiger partial charge in [-0.3, -0.25) is 9.59 Å². The highest BCUT2D eigenvalue weighted by molar-refractivity contribution is 7.87. The van der Waals surface area contributed by atoms with Crippen molar-refractivity contribution < 1.29 is 27.9 Å². The molecule has 11 heteroatoms. The predicted molar refractivity (Wildman–Crippen MR) is 165 cm³/mol. The number of amides is 1. The number of hydrogen-bond acceptors (Lipinski definition) is 6. The number of aliphatic carboxylic acids is 1. The number of nitrogens with one attached hydrogen (secondary N) is 1. The summed E-state index contributed by atoms with van der Waals surface area (Å²) in [6, 6.07) is 21.5. The molecule has 1 unspecified atom stereocenters. The van der Waals surface area contributed by atoms with Crippen molar-refractivity contribution in [2.24, 2.45) is 11.7 Å². The smallest absolute Gasteiger partial charge is 0.322 e. The van der Waals surface area contributed by atoms with Gasteiger partial charge >= 0.3 is 5.97 Å². The van der Waals surface area contributed by atoms with E-state index in [2.05, 4.69) is 21.5 Å². The van der Waals surface area contributed by atoms with Gasteiger partial charge in [-0.05, 0) is 53.9 Å². The molecule has 1 aliphatic heterocycles. The minimum atomic E-state index is -3.93. The molecule has 10 nitrogen and oxygen atoms in total. The van der Waals surface area contributed by atoms with E-state index in [1.165, 1.54) is 4.31 Å². The minimum Gasteiger partial charge on any atom is -0.492 e. The van der Waals surface area contributed by atoms with E-state index in [-0.39, 0.29) is 24.6 Å². The number of primary amides is 1. The average Bonchev–Trinajstić information content (AvgIpc) is 3.00. The first-order valence-electron chi connectivity index (χ1n) is 14.0. The van der Waals surface area contributed by atoms with Crippen LogP contribution in [0.4, 0.5) is 5.69 Å². The molecule has 1 aliphatic rings. The second-order valence-electron chi connectivity index (χ2n) is 10.5. The molecule has 43 heavy (non-hydrogen) atoms. The molecule has 226 valence electrons. The van der Waals surface area contributed by atoms with Crippen LogP contribution in [0.3, 0.4) is 0 Å². The standard InChI is InChI=1S/C32H36N4O6S/c1-23(2)30(32(38)39)34-43(40,41)36-19-17-35(18-20-36)27-13-10-25(11-14-27)8-9-26-12-15-29(28(22-26)31(33)37)42-21-16-24-6-4-3-5-7-24/h3-7,10-15,22-23,30,34H,16-21H2,1-2H3,(H2,33,37)(H,38,39). The highest BCUT2D eigenvalue weighted by Gasteiger charge is 2.33. The fourth-order valence-electron chi connectivity index (χ4n) is 4.64. The number of rotatable bonds is 11. The van der Waals surface area contributed by atoms with Crippen LogP contribution < -0.4 is 20.1 Å². The van der Waals surface area contributed by atoms with Crippen molar-refractivity contribution >= 4 is 27.8 Å². The van der Waals surface area contributed by atoms with Gasteiger partial charge in [-0.2, -0.15) is 17.4 Å². The second-order valence-corrected chi connectivity index (χ2v) is 12.2. The first kappa shape index (κ1) is 31.6. The third-order valence-corrected chi connectivity index (χ3v) is 8.70. The Morgan fingerprint density at radius 2 is 1.58 bits per heavy atom. The van der Waals surface area contributed by atoms with Gasteiger partial charge in [-0.25, -0.2) is 0 Å². The molecule has 0 radical (unpaired) electrons. The van der Waals surface area contributed by atoms with Crippen LogP contribution in [0.15, 0.2) is 72.8 Å². The van der Waals surface area contributed by atoms with E-state index in [9.17, 15) is 23.1 Å². The molecule has 1 saturated heterocycles. The van der Waals surface area contributed by atoms with Crippen LogP contribution >= 0.6 is 0 Å². The van der Waals surface area contributed by atoms with Crippen LogP contribution in [-0.2, 0) is 21.4 Å². The largest absolute Gasteiger partial charge is 0.492 e. The molecule has 1 atom stereocenters. The molecule has 3 aromatic carbocycles. The Morgan fingerprint density at radius 1 is 0.953 bits per heavy atom. The van der Waals surface area contributed by atoms with Gasteiger partial charge in [0.05, 0.1) is 12.2 Å². The quantitative estimate of drug-likeness (QED) is 0.286. The van der Waals surface area contributed by atoms with Crippen molar-refractivity contribution in [2.75, 3.05) is 37.7 Å². The summed E-state index contributed by atoms with van der Waals surface area (Å²) in [7, 11) is -3.93. The van der Waals surface area contributed by atoms with Gasteiger partial charge in [0.25, 0.3) is 16.1 Å². The lowest BCUT2D eigenvalue weighted by Crippen LogP contribution is -2.55. The molecule has 4 N–H and O–H groups in total. The Kier molecular flexibility index (Phi) is 10.4. The van der Waals surface area contributed by atoms with E-state index in [1.807, 2.05) is 54.6 Å². The number of piperazine rings is 1. The molecule has 3 aromatic rings. The molecule has 4 rings (SSSR count). The first-order chi connectivity index (χ1) is 20.5. The zero-order chi connectivity index (χ0) is 31.0. The summed E-state index contributed by atoms with van der Waals surface area (Å²) in [6.07, 6.45) is 0.702. The molecule has 1 heterocycles. The summed E-state index contributed by atoms with van der Waals surface area (Å²) >= 11 is 0. The Morgan fingerprint density at radius 3 is 2.19 bits per heavy atom. The van der Waals surface area contributed by atoms with E-state index >= 15 is 0 Å². The topological polar surface area (TPSA) is 142 Å².